The van der Waals surface area contributed by atoms with Crippen molar-refractivity contribution in [3.63, 3.8) is 0 Å². The van der Waals surface area contributed by atoms with Gasteiger partial charge in [-0.25, -0.2) is 8.78 Å². The zero-order valence-electron chi connectivity index (χ0n) is 10.0. The highest BCUT2D eigenvalue weighted by atomic mass is 19.1. The second-order valence-electron chi connectivity index (χ2n) is 4.40. The van der Waals surface area contributed by atoms with Gasteiger partial charge in [-0.2, -0.15) is 0 Å². The van der Waals surface area contributed by atoms with Gasteiger partial charge in [0.05, 0.1) is 0 Å². The molecule has 1 saturated heterocycles. The summed E-state index contributed by atoms with van der Waals surface area (Å²) in [5, 5.41) is 0. The molecule has 18 heavy (non-hydrogen) atoms. The van der Waals surface area contributed by atoms with Crippen molar-refractivity contribution in [2.75, 3.05) is 13.1 Å². The number of likely N-dealkylation sites (tertiary alicyclic amines) is 1. The van der Waals surface area contributed by atoms with Crippen molar-refractivity contribution in [2.24, 2.45) is 0 Å². The summed E-state index contributed by atoms with van der Waals surface area (Å²) < 4.78 is 26.4. The van der Waals surface area contributed by atoms with Gasteiger partial charge in [0.2, 0.25) is 0 Å². The quantitative estimate of drug-likeness (QED) is 0.739. The topological polar surface area (TPSA) is 20.3 Å². The number of hydrogen-bond acceptors (Lipinski definition) is 1. The Labute approximate surface area is 105 Å². The van der Waals surface area contributed by atoms with Crippen LogP contribution < -0.4 is 0 Å². The Morgan fingerprint density at radius 1 is 1.11 bits per heavy atom. The van der Waals surface area contributed by atoms with Crippen molar-refractivity contribution in [3.8, 4) is 0 Å². The fourth-order valence-electron chi connectivity index (χ4n) is 2.02. The first-order valence-corrected chi connectivity index (χ1v) is 6.09. The predicted octanol–water partition coefficient (Wildman–Crippen LogP) is 3.15. The third-order valence-electron chi connectivity index (χ3n) is 3.01. The highest BCUT2D eigenvalue weighted by Crippen LogP contribution is 2.15. The molecule has 0 bridgehead atoms. The van der Waals surface area contributed by atoms with Crippen LogP contribution in [0.5, 0.6) is 0 Å². The van der Waals surface area contributed by atoms with E-state index in [2.05, 4.69) is 0 Å². The van der Waals surface area contributed by atoms with Crippen LogP contribution in [0.3, 0.4) is 0 Å². The molecule has 0 spiro atoms. The van der Waals surface area contributed by atoms with E-state index in [1.807, 2.05) is 0 Å². The first-order valence-electron chi connectivity index (χ1n) is 6.09. The zero-order chi connectivity index (χ0) is 13.0. The number of hydrogen-bond donors (Lipinski definition) is 0. The highest BCUT2D eigenvalue weighted by Gasteiger charge is 2.20. The summed E-state index contributed by atoms with van der Waals surface area (Å²) >= 11 is 0. The number of rotatable bonds is 2. The number of piperidine rings is 1. The molecule has 0 radical (unpaired) electrons. The Hall–Kier alpha value is -1.71. The van der Waals surface area contributed by atoms with Gasteiger partial charge in [0, 0.05) is 13.1 Å². The van der Waals surface area contributed by atoms with Gasteiger partial charge in [-0.1, -0.05) is 12.1 Å². The van der Waals surface area contributed by atoms with E-state index in [0.717, 1.165) is 25.3 Å². The maximum Gasteiger partial charge on any atom is 0.282 e. The Kier molecular flexibility index (Phi) is 4.07. The summed E-state index contributed by atoms with van der Waals surface area (Å²) in [6.07, 6.45) is 4.09. The van der Waals surface area contributed by atoms with Crippen LogP contribution in [0, 0.1) is 5.82 Å². The fourth-order valence-corrected chi connectivity index (χ4v) is 2.02. The molecule has 1 aromatic carbocycles. The van der Waals surface area contributed by atoms with Crippen LogP contribution in [0.15, 0.2) is 30.1 Å². The van der Waals surface area contributed by atoms with Gasteiger partial charge in [0.25, 0.3) is 5.91 Å². The second-order valence-corrected chi connectivity index (χ2v) is 4.40. The van der Waals surface area contributed by atoms with Crippen LogP contribution in [0.2, 0.25) is 0 Å². The van der Waals surface area contributed by atoms with Crippen LogP contribution in [0.25, 0.3) is 6.08 Å². The fraction of sp³-hybridized carbons (Fsp3) is 0.357. The molecule has 0 atom stereocenters. The Morgan fingerprint density at radius 2 is 1.72 bits per heavy atom. The first kappa shape index (κ1) is 12.7. The van der Waals surface area contributed by atoms with Crippen LogP contribution in [0.1, 0.15) is 24.8 Å². The van der Waals surface area contributed by atoms with Crippen molar-refractivity contribution >= 4 is 12.0 Å². The normalized spacial score (nSPS) is 16.8. The lowest BCUT2D eigenvalue weighted by Crippen LogP contribution is -2.35. The van der Waals surface area contributed by atoms with Crippen molar-refractivity contribution in [2.45, 2.75) is 19.3 Å². The number of carbonyl (C=O) groups is 1. The molecule has 0 aromatic heterocycles. The largest absolute Gasteiger partial charge is 0.337 e. The van der Waals surface area contributed by atoms with Crippen molar-refractivity contribution < 1.29 is 13.6 Å². The highest BCUT2D eigenvalue weighted by molar-refractivity contribution is 5.95. The predicted molar refractivity (Wildman–Crippen MR) is 65.9 cm³/mol. The van der Waals surface area contributed by atoms with E-state index in [4.69, 9.17) is 0 Å². The molecule has 1 fully saturated rings. The summed E-state index contributed by atoms with van der Waals surface area (Å²) in [5.41, 5.74) is 0.485. The monoisotopic (exact) mass is 251 g/mol. The van der Waals surface area contributed by atoms with E-state index in [1.165, 1.54) is 29.2 Å². The maximum absolute atomic E-state index is 13.7. The Balaban J connectivity index is 2.07. The molecule has 4 heteroatoms. The van der Waals surface area contributed by atoms with E-state index in [1.54, 1.807) is 0 Å². The summed E-state index contributed by atoms with van der Waals surface area (Å²) in [6.45, 7) is 1.23. The standard InChI is InChI=1S/C14H15F2NO/c15-12-6-4-11(5-7-12)10-13(16)14(18)17-8-2-1-3-9-17/h4-7,10H,1-3,8-9H2/b13-10-. The molecule has 2 rings (SSSR count). The molecule has 0 unspecified atom stereocenters. The van der Waals surface area contributed by atoms with Crippen LogP contribution in [-0.2, 0) is 4.79 Å². The van der Waals surface area contributed by atoms with E-state index >= 15 is 0 Å². The number of amides is 1. The molecule has 2 nitrogen and oxygen atoms in total. The average molecular weight is 251 g/mol. The first-order chi connectivity index (χ1) is 8.66. The molecule has 0 aliphatic carbocycles. The van der Waals surface area contributed by atoms with Gasteiger partial charge < -0.3 is 4.90 Å². The minimum Gasteiger partial charge on any atom is -0.337 e. The number of benzene rings is 1. The summed E-state index contributed by atoms with van der Waals surface area (Å²) in [4.78, 5) is 13.3. The summed E-state index contributed by atoms with van der Waals surface area (Å²) in [5.74, 6) is -1.74. The average Bonchev–Trinajstić information content (AvgIpc) is 2.41. The molecule has 1 aromatic rings. The molecular weight excluding hydrogens is 236 g/mol. The molecule has 1 heterocycles. The minimum absolute atomic E-state index is 0.380. The zero-order valence-corrected chi connectivity index (χ0v) is 10.0. The second kappa shape index (κ2) is 5.76. The summed E-state index contributed by atoms with van der Waals surface area (Å²) in [7, 11) is 0. The van der Waals surface area contributed by atoms with Gasteiger partial charge in [-0.15, -0.1) is 0 Å². The third-order valence-corrected chi connectivity index (χ3v) is 3.01. The van der Waals surface area contributed by atoms with Crippen LogP contribution in [-0.4, -0.2) is 23.9 Å². The molecular formula is C14H15F2NO. The minimum atomic E-state index is -0.788. The molecule has 1 aliphatic heterocycles. The van der Waals surface area contributed by atoms with Crippen LogP contribution >= 0.6 is 0 Å². The number of halogens is 2. The van der Waals surface area contributed by atoms with E-state index in [9.17, 15) is 13.6 Å². The van der Waals surface area contributed by atoms with E-state index in [-0.39, 0.29) is 5.82 Å². The van der Waals surface area contributed by atoms with Crippen LogP contribution in [0.4, 0.5) is 8.78 Å². The molecule has 1 amide bonds. The lowest BCUT2D eigenvalue weighted by Gasteiger charge is -2.25. The van der Waals surface area contributed by atoms with Gasteiger partial charge in [-0.3, -0.25) is 4.79 Å². The van der Waals surface area contributed by atoms with Gasteiger partial charge in [-0.05, 0) is 43.0 Å². The van der Waals surface area contributed by atoms with Gasteiger partial charge >= 0.3 is 0 Å². The Bertz CT molecular complexity index is 447. The van der Waals surface area contributed by atoms with Crippen molar-refractivity contribution in [3.05, 3.63) is 41.5 Å². The molecule has 0 saturated carbocycles. The SMILES string of the molecule is O=C(/C(F)=C/c1ccc(F)cc1)N1CCCCC1. The Morgan fingerprint density at radius 3 is 2.33 bits per heavy atom. The number of nitrogens with zero attached hydrogens (tertiary/aromatic N) is 1. The van der Waals surface area contributed by atoms with Crippen molar-refractivity contribution in [1.82, 2.24) is 4.90 Å². The van der Waals surface area contributed by atoms with Gasteiger partial charge in [0.15, 0.2) is 5.83 Å². The van der Waals surface area contributed by atoms with Crippen molar-refractivity contribution in [1.29, 1.82) is 0 Å². The third kappa shape index (κ3) is 3.15. The van der Waals surface area contributed by atoms with E-state index in [0.29, 0.717) is 18.7 Å². The maximum atomic E-state index is 13.7. The lowest BCUT2D eigenvalue weighted by molar-refractivity contribution is -0.129. The molecule has 1 aliphatic rings. The molecule has 96 valence electrons. The molecule has 0 N–H and O–H groups in total. The smallest absolute Gasteiger partial charge is 0.282 e. The number of carbonyl (C=O) groups excluding carboxylic acids is 1. The lowest BCUT2D eigenvalue weighted by atomic mass is 10.1. The van der Waals surface area contributed by atoms with E-state index < -0.39 is 11.7 Å². The summed E-state index contributed by atoms with van der Waals surface area (Å²) in [6, 6.07) is 5.37. The van der Waals surface area contributed by atoms with Gasteiger partial charge in [0.1, 0.15) is 5.82 Å².